The lowest BCUT2D eigenvalue weighted by atomic mass is 10.0. The Bertz CT molecular complexity index is 504. The number of rotatable bonds is 2. The highest BCUT2D eigenvalue weighted by atomic mass is 16.3. The molecule has 0 unspecified atom stereocenters. The molecule has 0 aliphatic carbocycles. The summed E-state index contributed by atoms with van der Waals surface area (Å²) in [6.45, 7) is 0.407. The van der Waals surface area contributed by atoms with E-state index in [0.29, 0.717) is 19.3 Å². The Hall–Kier alpha value is -2.30. The maximum Gasteiger partial charge on any atom is 0.155 e. The van der Waals surface area contributed by atoms with Crippen molar-refractivity contribution in [1.29, 1.82) is 5.26 Å². The van der Waals surface area contributed by atoms with Gasteiger partial charge in [0.15, 0.2) is 6.29 Å². The first-order chi connectivity index (χ1) is 7.74. The lowest BCUT2D eigenvalue weighted by Crippen LogP contribution is -1.96. The smallest absolute Gasteiger partial charge is 0.155 e. The molecule has 0 spiro atoms. The predicted octanol–water partition coefficient (Wildman–Crippen LogP) is 0.777. The molecule has 1 aromatic carbocycles. The maximum absolute atomic E-state index is 10.8. The summed E-state index contributed by atoms with van der Waals surface area (Å²) < 4.78 is 0. The van der Waals surface area contributed by atoms with Crippen LogP contribution in [0.3, 0.4) is 0 Å². The number of nitrogens with zero attached hydrogens (tertiary/aromatic N) is 1. The van der Waals surface area contributed by atoms with E-state index in [1.165, 1.54) is 12.1 Å². The number of carbonyl (C=O) groups excluding carboxylic acids is 1. The van der Waals surface area contributed by atoms with Gasteiger partial charge in [0.25, 0.3) is 0 Å². The Morgan fingerprint density at radius 1 is 1.50 bits per heavy atom. The van der Waals surface area contributed by atoms with Gasteiger partial charge in [0.1, 0.15) is 11.8 Å². The maximum atomic E-state index is 10.8. The van der Waals surface area contributed by atoms with Gasteiger partial charge in [0, 0.05) is 13.0 Å². The summed E-state index contributed by atoms with van der Waals surface area (Å²) in [5, 5.41) is 18.3. The zero-order valence-electron chi connectivity index (χ0n) is 8.53. The number of benzene rings is 1. The molecule has 1 rings (SSSR count). The van der Waals surface area contributed by atoms with Crippen molar-refractivity contribution in [2.75, 3.05) is 6.54 Å². The van der Waals surface area contributed by atoms with E-state index < -0.39 is 0 Å². The summed E-state index contributed by atoms with van der Waals surface area (Å²) in [4.78, 5) is 10.8. The van der Waals surface area contributed by atoms with Crippen LogP contribution in [0, 0.1) is 23.2 Å². The van der Waals surface area contributed by atoms with E-state index in [1.54, 1.807) is 0 Å². The van der Waals surface area contributed by atoms with Gasteiger partial charge in [-0.3, -0.25) is 4.79 Å². The van der Waals surface area contributed by atoms with Crippen molar-refractivity contribution in [1.82, 2.24) is 0 Å². The molecule has 0 saturated heterocycles. The van der Waals surface area contributed by atoms with Crippen LogP contribution in [0.2, 0.25) is 0 Å². The van der Waals surface area contributed by atoms with E-state index in [0.717, 1.165) is 0 Å². The molecule has 16 heavy (non-hydrogen) atoms. The van der Waals surface area contributed by atoms with Crippen LogP contribution in [0.4, 0.5) is 0 Å². The average molecular weight is 214 g/mol. The molecule has 0 aromatic heterocycles. The van der Waals surface area contributed by atoms with Gasteiger partial charge < -0.3 is 10.8 Å². The van der Waals surface area contributed by atoms with Gasteiger partial charge in [0.2, 0.25) is 0 Å². The summed E-state index contributed by atoms with van der Waals surface area (Å²) in [6, 6.07) is 4.65. The molecule has 4 heteroatoms. The van der Waals surface area contributed by atoms with E-state index in [1.807, 2.05) is 6.07 Å². The predicted molar refractivity (Wildman–Crippen MR) is 58.8 cm³/mol. The highest BCUT2D eigenvalue weighted by Gasteiger charge is 2.10. The number of aldehydes is 1. The van der Waals surface area contributed by atoms with Crippen LogP contribution in [-0.4, -0.2) is 17.9 Å². The number of aromatic hydroxyl groups is 1. The minimum Gasteiger partial charge on any atom is -0.507 e. The molecule has 4 nitrogen and oxygen atoms in total. The zero-order chi connectivity index (χ0) is 12.0. The molecule has 0 atom stereocenters. The Labute approximate surface area is 93.3 Å². The highest BCUT2D eigenvalue weighted by molar-refractivity contribution is 5.85. The first-order valence-electron chi connectivity index (χ1n) is 4.64. The minimum atomic E-state index is -0.175. The van der Waals surface area contributed by atoms with Crippen LogP contribution in [0.1, 0.15) is 27.9 Å². The molecule has 1 aromatic rings. The third kappa shape index (κ3) is 2.38. The summed E-state index contributed by atoms with van der Waals surface area (Å²) in [5.74, 6) is 5.24. The number of hydrogen-bond donors (Lipinski definition) is 2. The molecule has 3 N–H and O–H groups in total. The number of phenols is 1. The second-order valence-corrected chi connectivity index (χ2v) is 2.99. The summed E-state index contributed by atoms with van der Waals surface area (Å²) in [5.41, 5.74) is 5.85. The second-order valence-electron chi connectivity index (χ2n) is 2.99. The monoisotopic (exact) mass is 214 g/mol. The largest absolute Gasteiger partial charge is 0.507 e. The Kier molecular flexibility index (Phi) is 4.08. The lowest BCUT2D eigenvalue weighted by Gasteiger charge is -2.02. The molecule has 0 radical (unpaired) electrons. The Balaban J connectivity index is 3.34. The fourth-order valence-corrected chi connectivity index (χ4v) is 1.18. The van der Waals surface area contributed by atoms with Gasteiger partial charge in [-0.05, 0) is 12.1 Å². The lowest BCUT2D eigenvalue weighted by molar-refractivity contribution is 0.112. The molecule has 0 aliphatic heterocycles. The fraction of sp³-hybridized carbons (Fsp3) is 0.167. The summed E-state index contributed by atoms with van der Waals surface area (Å²) in [6.07, 6.45) is 0.960. The van der Waals surface area contributed by atoms with E-state index in [2.05, 4.69) is 11.8 Å². The van der Waals surface area contributed by atoms with Gasteiger partial charge in [-0.2, -0.15) is 5.26 Å². The van der Waals surface area contributed by atoms with Crippen LogP contribution in [-0.2, 0) is 0 Å². The third-order valence-corrected chi connectivity index (χ3v) is 1.94. The van der Waals surface area contributed by atoms with Crippen LogP contribution in [0.5, 0.6) is 5.75 Å². The van der Waals surface area contributed by atoms with Gasteiger partial charge >= 0.3 is 0 Å². The molecule has 0 saturated carbocycles. The topological polar surface area (TPSA) is 87.1 Å². The van der Waals surface area contributed by atoms with Crippen molar-refractivity contribution in [3.63, 3.8) is 0 Å². The SMILES string of the molecule is N#Cc1ccc(O)c(C=O)c1C#CCCN. The number of phenolic OH excluding ortho intramolecular Hbond substituents is 1. The summed E-state index contributed by atoms with van der Waals surface area (Å²) >= 11 is 0. The van der Waals surface area contributed by atoms with E-state index in [9.17, 15) is 9.90 Å². The molecule has 0 amide bonds. The molecule has 0 aliphatic rings. The Morgan fingerprint density at radius 3 is 2.81 bits per heavy atom. The van der Waals surface area contributed by atoms with Gasteiger partial charge in [-0.15, -0.1) is 0 Å². The number of carbonyl (C=O) groups is 1. The molecular formula is C12H10N2O2. The van der Waals surface area contributed by atoms with Crippen molar-refractivity contribution < 1.29 is 9.90 Å². The van der Waals surface area contributed by atoms with E-state index >= 15 is 0 Å². The van der Waals surface area contributed by atoms with Gasteiger partial charge in [-0.25, -0.2) is 0 Å². The van der Waals surface area contributed by atoms with Crippen molar-refractivity contribution in [3.8, 4) is 23.7 Å². The van der Waals surface area contributed by atoms with E-state index in [-0.39, 0.29) is 22.4 Å². The van der Waals surface area contributed by atoms with Crippen molar-refractivity contribution in [2.45, 2.75) is 6.42 Å². The highest BCUT2D eigenvalue weighted by Crippen LogP contribution is 2.21. The molecule has 0 fully saturated rings. The first-order valence-corrected chi connectivity index (χ1v) is 4.64. The zero-order valence-corrected chi connectivity index (χ0v) is 8.53. The summed E-state index contributed by atoms with van der Waals surface area (Å²) in [7, 11) is 0. The number of nitrogens with two attached hydrogens (primary N) is 1. The van der Waals surface area contributed by atoms with Gasteiger partial charge in [-0.1, -0.05) is 11.8 Å². The van der Waals surface area contributed by atoms with Crippen LogP contribution in [0.15, 0.2) is 12.1 Å². The number of nitriles is 1. The van der Waals surface area contributed by atoms with Crippen molar-refractivity contribution >= 4 is 6.29 Å². The minimum absolute atomic E-state index is 0.0450. The number of hydrogen-bond acceptors (Lipinski definition) is 4. The second kappa shape index (κ2) is 5.55. The molecule has 80 valence electrons. The van der Waals surface area contributed by atoms with Crippen molar-refractivity contribution in [2.24, 2.45) is 5.73 Å². The molecule has 0 heterocycles. The third-order valence-electron chi connectivity index (χ3n) is 1.94. The first kappa shape index (κ1) is 11.8. The van der Waals surface area contributed by atoms with Crippen LogP contribution in [0.25, 0.3) is 0 Å². The van der Waals surface area contributed by atoms with Crippen LogP contribution >= 0.6 is 0 Å². The van der Waals surface area contributed by atoms with Crippen LogP contribution < -0.4 is 5.73 Å². The molecular weight excluding hydrogens is 204 g/mol. The fourth-order valence-electron chi connectivity index (χ4n) is 1.18. The standard InChI is InChI=1S/C12H10N2O2/c13-6-2-1-3-10-9(7-14)4-5-12(16)11(10)8-15/h4-5,8,16H,2,6,13H2. The Morgan fingerprint density at radius 2 is 2.25 bits per heavy atom. The van der Waals surface area contributed by atoms with Crippen molar-refractivity contribution in [3.05, 3.63) is 28.8 Å². The van der Waals surface area contributed by atoms with Gasteiger partial charge in [0.05, 0.1) is 16.7 Å². The molecule has 0 bridgehead atoms. The quantitative estimate of drug-likeness (QED) is 0.562. The normalized spacial score (nSPS) is 8.75. The van der Waals surface area contributed by atoms with E-state index in [4.69, 9.17) is 11.0 Å². The average Bonchev–Trinajstić information content (AvgIpc) is 2.30.